The average Bonchev–Trinajstić information content (AvgIpc) is 2.92. The normalized spacial score (nSPS) is 18.2. The van der Waals surface area contributed by atoms with Gasteiger partial charge in [-0.05, 0) is 30.9 Å². The summed E-state index contributed by atoms with van der Waals surface area (Å²) in [5.41, 5.74) is 0.883. The Labute approximate surface area is 122 Å². The minimum Gasteiger partial charge on any atom is -0.313 e. The molecule has 1 aliphatic rings. The van der Waals surface area contributed by atoms with Crippen LogP contribution >= 0.6 is 0 Å². The molecule has 0 heterocycles. The van der Waals surface area contributed by atoms with Crippen molar-refractivity contribution in [3.05, 3.63) is 35.9 Å². The Hall–Kier alpha value is -0.870. The van der Waals surface area contributed by atoms with E-state index in [0.29, 0.717) is 5.92 Å². The summed E-state index contributed by atoms with van der Waals surface area (Å²) < 4.78 is 24.8. The average molecular weight is 295 g/mol. The number of nitrogens with one attached hydrogen (secondary N) is 1. The van der Waals surface area contributed by atoms with Crippen LogP contribution in [-0.2, 0) is 15.6 Å². The summed E-state index contributed by atoms with van der Waals surface area (Å²) in [4.78, 5) is 0. The third kappa shape index (κ3) is 4.60. The Morgan fingerprint density at radius 1 is 1.20 bits per heavy atom. The molecule has 2 rings (SSSR count). The predicted molar refractivity (Wildman–Crippen MR) is 83.4 cm³/mol. The number of sulfone groups is 1. The van der Waals surface area contributed by atoms with E-state index in [1.165, 1.54) is 25.7 Å². The fraction of sp³-hybridized carbons (Fsp3) is 0.625. The fourth-order valence-corrected chi connectivity index (χ4v) is 4.90. The van der Waals surface area contributed by atoms with Crippen LogP contribution in [0, 0.1) is 5.92 Å². The monoisotopic (exact) mass is 295 g/mol. The molecule has 0 radical (unpaired) electrons. The Morgan fingerprint density at radius 3 is 2.45 bits per heavy atom. The van der Waals surface area contributed by atoms with Gasteiger partial charge in [-0.2, -0.15) is 0 Å². The molecule has 0 spiro atoms. The van der Waals surface area contributed by atoms with Crippen molar-refractivity contribution < 1.29 is 8.42 Å². The van der Waals surface area contributed by atoms with Crippen LogP contribution in [0.25, 0.3) is 0 Å². The van der Waals surface area contributed by atoms with E-state index in [0.717, 1.165) is 12.1 Å². The zero-order valence-corrected chi connectivity index (χ0v) is 13.0. The largest absolute Gasteiger partial charge is 0.313 e. The highest BCUT2D eigenvalue weighted by Crippen LogP contribution is 2.28. The van der Waals surface area contributed by atoms with Gasteiger partial charge in [-0.15, -0.1) is 0 Å². The minimum atomic E-state index is -3.06. The van der Waals surface area contributed by atoms with Gasteiger partial charge in [0.05, 0.1) is 11.5 Å². The second kappa shape index (κ2) is 7.23. The molecule has 4 heteroatoms. The van der Waals surface area contributed by atoms with Crippen molar-refractivity contribution in [1.29, 1.82) is 0 Å². The maximum Gasteiger partial charge on any atom is 0.155 e. The molecule has 1 fully saturated rings. The Bertz CT molecular complexity index is 492. The summed E-state index contributed by atoms with van der Waals surface area (Å²) in [6.07, 6.45) is 4.81. The molecule has 1 unspecified atom stereocenters. The van der Waals surface area contributed by atoms with Crippen molar-refractivity contribution in [2.45, 2.75) is 44.4 Å². The van der Waals surface area contributed by atoms with Gasteiger partial charge in [-0.25, -0.2) is 8.42 Å². The van der Waals surface area contributed by atoms with E-state index in [1.54, 1.807) is 0 Å². The first kappa shape index (κ1) is 15.5. The van der Waals surface area contributed by atoms with Gasteiger partial charge >= 0.3 is 0 Å². The molecular formula is C16H25NO2S. The van der Waals surface area contributed by atoms with Crippen LogP contribution in [0.5, 0.6) is 0 Å². The van der Waals surface area contributed by atoms with Crippen molar-refractivity contribution in [2.24, 2.45) is 5.92 Å². The summed E-state index contributed by atoms with van der Waals surface area (Å²) >= 11 is 0. The lowest BCUT2D eigenvalue weighted by atomic mass is 10.00. The Kier molecular flexibility index (Phi) is 5.61. The van der Waals surface area contributed by atoms with Gasteiger partial charge < -0.3 is 5.32 Å². The highest BCUT2D eigenvalue weighted by molar-refractivity contribution is 7.90. The van der Waals surface area contributed by atoms with Crippen LogP contribution < -0.4 is 5.32 Å². The number of rotatable bonds is 7. The number of benzene rings is 1. The SMILES string of the molecule is CCNC(CS(=O)(=O)Cc1ccccc1)C1CCCC1. The number of hydrogen-bond donors (Lipinski definition) is 1. The lowest BCUT2D eigenvalue weighted by Crippen LogP contribution is -2.41. The van der Waals surface area contributed by atoms with E-state index in [-0.39, 0.29) is 17.5 Å². The molecule has 112 valence electrons. The van der Waals surface area contributed by atoms with Crippen LogP contribution in [0.1, 0.15) is 38.2 Å². The Morgan fingerprint density at radius 2 is 1.85 bits per heavy atom. The molecule has 1 N–H and O–H groups in total. The molecule has 1 aromatic carbocycles. The smallest absolute Gasteiger partial charge is 0.155 e. The lowest BCUT2D eigenvalue weighted by Gasteiger charge is -2.24. The quantitative estimate of drug-likeness (QED) is 0.841. The molecule has 1 atom stereocenters. The first-order chi connectivity index (χ1) is 9.61. The minimum absolute atomic E-state index is 0.121. The molecule has 3 nitrogen and oxygen atoms in total. The summed E-state index contributed by atoms with van der Waals surface area (Å²) in [6.45, 7) is 2.88. The molecule has 0 bridgehead atoms. The standard InChI is InChI=1S/C16H25NO2S/c1-2-17-16(15-10-6-7-11-15)13-20(18,19)12-14-8-4-3-5-9-14/h3-5,8-9,15-17H,2,6-7,10-13H2,1H3. The molecule has 0 aromatic heterocycles. The molecule has 1 saturated carbocycles. The van der Waals surface area contributed by atoms with Gasteiger partial charge in [0.2, 0.25) is 0 Å². The number of hydrogen-bond acceptors (Lipinski definition) is 3. The van der Waals surface area contributed by atoms with E-state index in [9.17, 15) is 8.42 Å². The zero-order valence-electron chi connectivity index (χ0n) is 12.2. The van der Waals surface area contributed by atoms with Crippen molar-refractivity contribution in [1.82, 2.24) is 5.32 Å². The molecule has 1 aromatic rings. The van der Waals surface area contributed by atoms with Crippen LogP contribution in [0.15, 0.2) is 30.3 Å². The van der Waals surface area contributed by atoms with Crippen LogP contribution in [0.4, 0.5) is 0 Å². The van der Waals surface area contributed by atoms with Crippen molar-refractivity contribution in [2.75, 3.05) is 12.3 Å². The van der Waals surface area contributed by atoms with Gasteiger partial charge in [0, 0.05) is 6.04 Å². The molecule has 0 saturated heterocycles. The molecule has 0 amide bonds. The van der Waals surface area contributed by atoms with Gasteiger partial charge in [0.1, 0.15) is 0 Å². The van der Waals surface area contributed by atoms with E-state index in [1.807, 2.05) is 37.3 Å². The summed E-state index contributed by atoms with van der Waals surface area (Å²) in [5, 5.41) is 3.39. The first-order valence-electron chi connectivity index (χ1n) is 7.58. The van der Waals surface area contributed by atoms with Crippen LogP contribution in [-0.4, -0.2) is 26.8 Å². The van der Waals surface area contributed by atoms with Crippen molar-refractivity contribution >= 4 is 9.84 Å². The zero-order chi connectivity index (χ0) is 14.4. The second-order valence-corrected chi connectivity index (χ2v) is 7.86. The summed E-state index contributed by atoms with van der Waals surface area (Å²) in [7, 11) is -3.06. The van der Waals surface area contributed by atoms with E-state index < -0.39 is 9.84 Å². The molecule has 1 aliphatic carbocycles. The van der Waals surface area contributed by atoms with Gasteiger partial charge in [0.15, 0.2) is 9.84 Å². The predicted octanol–water partition coefficient (Wildman–Crippen LogP) is 2.77. The maximum absolute atomic E-state index is 12.4. The molecule has 0 aliphatic heterocycles. The first-order valence-corrected chi connectivity index (χ1v) is 9.40. The third-order valence-electron chi connectivity index (χ3n) is 4.10. The third-order valence-corrected chi connectivity index (χ3v) is 5.74. The lowest BCUT2D eigenvalue weighted by molar-refractivity contribution is 0.388. The van der Waals surface area contributed by atoms with E-state index in [4.69, 9.17) is 0 Å². The van der Waals surface area contributed by atoms with Gasteiger partial charge in [0.25, 0.3) is 0 Å². The highest BCUT2D eigenvalue weighted by atomic mass is 32.2. The maximum atomic E-state index is 12.4. The van der Waals surface area contributed by atoms with Crippen molar-refractivity contribution in [3.63, 3.8) is 0 Å². The molecule has 20 heavy (non-hydrogen) atoms. The topological polar surface area (TPSA) is 46.2 Å². The van der Waals surface area contributed by atoms with Crippen LogP contribution in [0.3, 0.4) is 0 Å². The van der Waals surface area contributed by atoms with Crippen molar-refractivity contribution in [3.8, 4) is 0 Å². The van der Waals surface area contributed by atoms with E-state index in [2.05, 4.69) is 5.32 Å². The molecular weight excluding hydrogens is 270 g/mol. The van der Waals surface area contributed by atoms with E-state index >= 15 is 0 Å². The second-order valence-electron chi connectivity index (χ2n) is 5.75. The highest BCUT2D eigenvalue weighted by Gasteiger charge is 2.28. The summed E-state index contributed by atoms with van der Waals surface area (Å²) in [5.74, 6) is 0.948. The van der Waals surface area contributed by atoms with Crippen LogP contribution in [0.2, 0.25) is 0 Å². The van der Waals surface area contributed by atoms with Gasteiger partial charge in [-0.3, -0.25) is 0 Å². The fourth-order valence-electron chi connectivity index (χ4n) is 3.14. The summed E-state index contributed by atoms with van der Waals surface area (Å²) in [6, 6.07) is 9.59. The van der Waals surface area contributed by atoms with Gasteiger partial charge in [-0.1, -0.05) is 50.1 Å². The Balaban J connectivity index is 2.00.